The van der Waals surface area contributed by atoms with Crippen molar-refractivity contribution in [3.8, 4) is 6.01 Å². The number of nitrogen functional groups attached to an aromatic ring is 1. The van der Waals surface area contributed by atoms with Crippen molar-refractivity contribution in [1.29, 1.82) is 0 Å². The topological polar surface area (TPSA) is 106 Å². The van der Waals surface area contributed by atoms with E-state index in [1.54, 1.807) is 0 Å². The molecule has 1 unspecified atom stereocenters. The fourth-order valence-corrected chi connectivity index (χ4v) is 4.57. The predicted octanol–water partition coefficient (Wildman–Crippen LogP) is 2.03. The van der Waals surface area contributed by atoms with Crippen molar-refractivity contribution < 1.29 is 14.3 Å². The highest BCUT2D eigenvalue weighted by molar-refractivity contribution is 6.03. The fraction of sp³-hybridized carbons (Fsp3) is 0.522. The van der Waals surface area contributed by atoms with Gasteiger partial charge in [0.15, 0.2) is 11.6 Å². The average molecular weight is 439 g/mol. The van der Waals surface area contributed by atoms with Crippen LogP contribution in [0, 0.1) is 5.92 Å². The van der Waals surface area contributed by atoms with Crippen LogP contribution in [0.3, 0.4) is 0 Å². The first-order valence-electron chi connectivity index (χ1n) is 11.4. The molecule has 3 aliphatic heterocycles. The van der Waals surface area contributed by atoms with E-state index in [0.717, 1.165) is 38.2 Å². The van der Waals surface area contributed by atoms with Crippen LogP contribution in [0.15, 0.2) is 24.3 Å². The molecule has 0 spiro atoms. The van der Waals surface area contributed by atoms with E-state index in [2.05, 4.69) is 44.5 Å². The lowest BCUT2D eigenvalue weighted by Gasteiger charge is -2.30. The second-order valence-corrected chi connectivity index (χ2v) is 8.84. The van der Waals surface area contributed by atoms with Gasteiger partial charge in [-0.05, 0) is 43.5 Å². The van der Waals surface area contributed by atoms with Crippen LogP contribution >= 0.6 is 0 Å². The molecule has 5 rings (SSSR count). The summed E-state index contributed by atoms with van der Waals surface area (Å²) in [5, 5.41) is 2.82. The van der Waals surface area contributed by atoms with E-state index in [9.17, 15) is 4.79 Å². The highest BCUT2D eigenvalue weighted by atomic mass is 16.5. The van der Waals surface area contributed by atoms with Gasteiger partial charge in [-0.3, -0.25) is 9.69 Å². The zero-order valence-electron chi connectivity index (χ0n) is 18.3. The van der Waals surface area contributed by atoms with E-state index >= 15 is 0 Å². The van der Waals surface area contributed by atoms with Crippen LogP contribution in [-0.4, -0.2) is 60.2 Å². The van der Waals surface area contributed by atoms with Crippen LogP contribution in [0.2, 0.25) is 0 Å². The Morgan fingerprint density at radius 1 is 1.19 bits per heavy atom. The number of nitrogens with one attached hydrogen (secondary N) is 1. The van der Waals surface area contributed by atoms with Gasteiger partial charge in [0.05, 0.1) is 19.8 Å². The lowest BCUT2D eigenvalue weighted by atomic mass is 10.1. The summed E-state index contributed by atoms with van der Waals surface area (Å²) in [6.45, 7) is 5.99. The van der Waals surface area contributed by atoms with Crippen molar-refractivity contribution in [3.63, 3.8) is 0 Å². The zero-order valence-corrected chi connectivity index (χ0v) is 18.3. The minimum atomic E-state index is -0.127. The molecule has 0 bridgehead atoms. The summed E-state index contributed by atoms with van der Waals surface area (Å²) in [6.07, 6.45) is 3.52. The zero-order chi connectivity index (χ0) is 21.9. The molecule has 0 aliphatic carbocycles. The maximum atomic E-state index is 12.3. The lowest BCUT2D eigenvalue weighted by Crippen LogP contribution is -2.39. The SMILES string of the molecule is Nc1nc(OCC2CCOC2)nc2c1NC(=O)CN2Cc1cccc(CN2CCCC2)c1. The van der Waals surface area contributed by atoms with Gasteiger partial charge in [-0.25, -0.2) is 0 Å². The monoisotopic (exact) mass is 438 g/mol. The van der Waals surface area contributed by atoms with Crippen LogP contribution in [0.4, 0.5) is 17.3 Å². The first kappa shape index (κ1) is 21.0. The smallest absolute Gasteiger partial charge is 0.320 e. The van der Waals surface area contributed by atoms with E-state index in [1.165, 1.54) is 18.4 Å². The maximum absolute atomic E-state index is 12.3. The third kappa shape index (κ3) is 4.78. The number of carbonyl (C=O) groups is 1. The van der Waals surface area contributed by atoms with Gasteiger partial charge in [-0.15, -0.1) is 0 Å². The summed E-state index contributed by atoms with van der Waals surface area (Å²) < 4.78 is 11.2. The van der Waals surface area contributed by atoms with Gasteiger partial charge in [-0.1, -0.05) is 24.3 Å². The summed E-state index contributed by atoms with van der Waals surface area (Å²) in [4.78, 5) is 25.6. The number of ether oxygens (including phenoxy) is 2. The molecule has 3 aliphatic rings. The van der Waals surface area contributed by atoms with E-state index in [1.807, 2.05) is 4.90 Å². The Balaban J connectivity index is 1.34. The van der Waals surface area contributed by atoms with Gasteiger partial charge >= 0.3 is 6.01 Å². The number of aromatic nitrogens is 2. The highest BCUT2D eigenvalue weighted by Gasteiger charge is 2.28. The van der Waals surface area contributed by atoms with E-state index in [4.69, 9.17) is 15.2 Å². The Morgan fingerprint density at radius 3 is 2.78 bits per heavy atom. The number of nitrogens with two attached hydrogens (primary N) is 1. The van der Waals surface area contributed by atoms with Crippen LogP contribution in [0.1, 0.15) is 30.4 Å². The summed E-state index contributed by atoms with van der Waals surface area (Å²) in [5.41, 5.74) is 9.02. The Labute approximate surface area is 187 Å². The quantitative estimate of drug-likeness (QED) is 0.677. The van der Waals surface area contributed by atoms with E-state index < -0.39 is 0 Å². The molecule has 1 atom stereocenters. The summed E-state index contributed by atoms with van der Waals surface area (Å²) >= 11 is 0. The first-order chi connectivity index (χ1) is 15.6. The van der Waals surface area contributed by atoms with Crippen LogP contribution in [-0.2, 0) is 22.6 Å². The molecule has 9 heteroatoms. The molecule has 4 heterocycles. The molecule has 170 valence electrons. The number of likely N-dealkylation sites (tertiary alicyclic amines) is 1. The summed E-state index contributed by atoms with van der Waals surface area (Å²) in [7, 11) is 0. The third-order valence-electron chi connectivity index (χ3n) is 6.24. The van der Waals surface area contributed by atoms with Gasteiger partial charge in [0, 0.05) is 25.6 Å². The number of benzene rings is 1. The first-order valence-corrected chi connectivity index (χ1v) is 11.4. The molecule has 2 aromatic rings. The lowest BCUT2D eigenvalue weighted by molar-refractivity contribution is -0.115. The minimum Gasteiger partial charge on any atom is -0.463 e. The van der Waals surface area contributed by atoms with Gasteiger partial charge in [0.1, 0.15) is 5.69 Å². The normalized spacial score (nSPS) is 20.9. The predicted molar refractivity (Wildman–Crippen MR) is 121 cm³/mol. The molecule has 1 aromatic heterocycles. The molecule has 0 radical (unpaired) electrons. The number of anilines is 3. The van der Waals surface area contributed by atoms with Crippen molar-refractivity contribution in [2.45, 2.75) is 32.4 Å². The Morgan fingerprint density at radius 2 is 2.00 bits per heavy atom. The van der Waals surface area contributed by atoms with Crippen molar-refractivity contribution >= 4 is 23.2 Å². The van der Waals surface area contributed by atoms with E-state index in [-0.39, 0.29) is 24.3 Å². The number of fused-ring (bicyclic) bond motifs is 1. The number of amides is 1. The molecule has 32 heavy (non-hydrogen) atoms. The Hall–Kier alpha value is -2.91. The van der Waals surface area contributed by atoms with Gasteiger partial charge in [0.25, 0.3) is 0 Å². The number of nitrogens with zero attached hydrogens (tertiary/aromatic N) is 4. The van der Waals surface area contributed by atoms with Gasteiger partial charge in [0.2, 0.25) is 5.91 Å². The standard InChI is InChI=1S/C23H30N6O3/c24-21-20-22(27-23(26-21)32-15-18-6-9-31-14-18)29(13-19(30)25-20)12-17-5-3-4-16(10-17)11-28-7-1-2-8-28/h3-5,10,18H,1-2,6-9,11-15H2,(H,25,30)(H2,24,26,27). The molecule has 0 saturated carbocycles. The molecule has 9 nitrogen and oxygen atoms in total. The number of hydrogen-bond donors (Lipinski definition) is 2. The number of hydrogen-bond acceptors (Lipinski definition) is 8. The number of rotatable bonds is 7. The van der Waals surface area contributed by atoms with Crippen LogP contribution in [0.25, 0.3) is 0 Å². The highest BCUT2D eigenvalue weighted by Crippen LogP contribution is 2.34. The van der Waals surface area contributed by atoms with Crippen molar-refractivity contribution in [1.82, 2.24) is 14.9 Å². The molecule has 2 saturated heterocycles. The van der Waals surface area contributed by atoms with Gasteiger partial charge < -0.3 is 25.4 Å². The largest absolute Gasteiger partial charge is 0.463 e. The van der Waals surface area contributed by atoms with Crippen molar-refractivity contribution in [2.24, 2.45) is 5.92 Å². The Bertz CT molecular complexity index is 972. The minimum absolute atomic E-state index is 0.127. The summed E-state index contributed by atoms with van der Waals surface area (Å²) in [6, 6.07) is 8.78. The number of carbonyl (C=O) groups excluding carboxylic acids is 1. The third-order valence-corrected chi connectivity index (χ3v) is 6.24. The average Bonchev–Trinajstić information content (AvgIpc) is 3.48. The van der Waals surface area contributed by atoms with E-state index in [0.29, 0.717) is 37.2 Å². The summed E-state index contributed by atoms with van der Waals surface area (Å²) in [5.74, 6) is 1.02. The molecule has 1 amide bonds. The molecule has 3 N–H and O–H groups in total. The maximum Gasteiger partial charge on any atom is 0.320 e. The Kier molecular flexibility index (Phi) is 6.09. The van der Waals surface area contributed by atoms with Gasteiger partial charge in [-0.2, -0.15) is 9.97 Å². The van der Waals surface area contributed by atoms with Crippen LogP contribution < -0.4 is 20.7 Å². The second-order valence-electron chi connectivity index (χ2n) is 8.84. The molecular formula is C23H30N6O3. The van der Waals surface area contributed by atoms with Crippen molar-refractivity contribution in [2.75, 3.05) is 55.4 Å². The molecule has 2 fully saturated rings. The fourth-order valence-electron chi connectivity index (χ4n) is 4.57. The molecule has 1 aromatic carbocycles. The second kappa shape index (κ2) is 9.30. The molecular weight excluding hydrogens is 408 g/mol. The van der Waals surface area contributed by atoms with Crippen LogP contribution in [0.5, 0.6) is 6.01 Å². The van der Waals surface area contributed by atoms with Crippen molar-refractivity contribution in [3.05, 3.63) is 35.4 Å².